The number of benzene rings is 2. The summed E-state index contributed by atoms with van der Waals surface area (Å²) in [5.41, 5.74) is 6.18. The summed E-state index contributed by atoms with van der Waals surface area (Å²) in [5.74, 6) is 0. The Kier molecular flexibility index (Phi) is 9.40. The molecule has 144 valence electrons. The first-order valence-corrected chi connectivity index (χ1v) is 10.8. The fourth-order valence-electron chi connectivity index (χ4n) is 3.21. The number of unbranched alkanes of at least 4 members (excludes halogenated alkanes) is 7. The van der Waals surface area contributed by atoms with Gasteiger partial charge in [-0.25, -0.2) is 0 Å². The van der Waals surface area contributed by atoms with Gasteiger partial charge in [-0.05, 0) is 31.5 Å². The van der Waals surface area contributed by atoms with Gasteiger partial charge in [-0.3, -0.25) is 4.21 Å². The summed E-state index contributed by atoms with van der Waals surface area (Å²) in [4.78, 5) is 0. The molecule has 2 N–H and O–H groups in total. The smallest absolute Gasteiger partial charge is 0.0561 e. The highest BCUT2D eigenvalue weighted by atomic mass is 35.5. The Hall–Kier alpha value is -1.14. The maximum Gasteiger partial charge on any atom is 0.0561 e. The second-order valence-corrected chi connectivity index (χ2v) is 7.83. The first-order chi connectivity index (χ1) is 12.6. The molecule has 0 saturated carbocycles. The van der Waals surface area contributed by atoms with Crippen molar-refractivity contribution in [1.82, 2.24) is 0 Å². The Morgan fingerprint density at radius 3 is 2.12 bits per heavy atom. The normalized spacial score (nSPS) is 12.4. The van der Waals surface area contributed by atoms with Crippen LogP contribution in [0.15, 0.2) is 36.4 Å². The second kappa shape index (κ2) is 11.5. The van der Waals surface area contributed by atoms with Crippen LogP contribution in [-0.2, 0) is 11.3 Å². The Balaban J connectivity index is 1.88. The lowest BCUT2D eigenvalue weighted by Crippen LogP contribution is -2.26. The number of nitrogens with zero attached hydrogens (tertiary/aromatic N) is 1. The highest BCUT2D eigenvalue weighted by Crippen LogP contribution is 2.32. The average Bonchev–Trinajstić information content (AvgIpc) is 2.63. The van der Waals surface area contributed by atoms with Crippen LogP contribution < -0.4 is 10.0 Å². The van der Waals surface area contributed by atoms with Crippen molar-refractivity contribution in [2.45, 2.75) is 51.4 Å². The second-order valence-electron chi connectivity index (χ2n) is 6.55. The van der Waals surface area contributed by atoms with Gasteiger partial charge in [0, 0.05) is 33.6 Å². The van der Waals surface area contributed by atoms with Crippen LogP contribution in [0.4, 0.5) is 5.69 Å². The van der Waals surface area contributed by atoms with Gasteiger partial charge in [0.05, 0.1) is 5.69 Å². The zero-order chi connectivity index (χ0) is 18.8. The van der Waals surface area contributed by atoms with Crippen LogP contribution in [0, 0.1) is 0 Å². The van der Waals surface area contributed by atoms with Crippen molar-refractivity contribution >= 4 is 39.3 Å². The minimum Gasteiger partial charge on any atom is -0.755 e. The van der Waals surface area contributed by atoms with E-state index in [1.165, 1.54) is 30.0 Å². The molecule has 2 aromatic rings. The van der Waals surface area contributed by atoms with E-state index in [4.69, 9.17) is 17.3 Å². The molecular weight excluding hydrogens is 368 g/mol. The minimum absolute atomic E-state index is 0.495. The number of halogens is 1. The molecule has 0 aliphatic carbocycles. The Morgan fingerprint density at radius 2 is 1.46 bits per heavy atom. The van der Waals surface area contributed by atoms with Gasteiger partial charge < -0.3 is 14.6 Å². The summed E-state index contributed by atoms with van der Waals surface area (Å²) in [6, 6.07) is 11.2. The monoisotopic (exact) mass is 395 g/mol. The third-order valence-electron chi connectivity index (χ3n) is 4.61. The van der Waals surface area contributed by atoms with Gasteiger partial charge in [-0.15, -0.1) is 0 Å². The van der Waals surface area contributed by atoms with Crippen LogP contribution in [0.25, 0.3) is 10.8 Å². The third kappa shape index (κ3) is 6.23. The number of nitrogens with two attached hydrogens (primary N) is 1. The van der Waals surface area contributed by atoms with Crippen LogP contribution >= 0.6 is 11.6 Å². The van der Waals surface area contributed by atoms with Crippen LogP contribution in [0.1, 0.15) is 51.4 Å². The number of hydrogen-bond donors (Lipinski definition) is 1. The minimum atomic E-state index is -2.30. The van der Waals surface area contributed by atoms with Crippen LogP contribution in [0.2, 0.25) is 5.02 Å². The molecule has 0 spiro atoms. The SMILES string of the molecule is NCCCCCCCCCCN(c1cccc2c(Cl)cccc12)S(=O)[O-]. The molecule has 0 bridgehead atoms. The van der Waals surface area contributed by atoms with E-state index < -0.39 is 11.3 Å². The quantitative estimate of drug-likeness (QED) is 0.398. The number of anilines is 1. The van der Waals surface area contributed by atoms with Gasteiger partial charge in [0.15, 0.2) is 0 Å². The molecule has 0 fully saturated rings. The fourth-order valence-corrected chi connectivity index (χ4v) is 4.04. The fraction of sp³-hybridized carbons (Fsp3) is 0.500. The van der Waals surface area contributed by atoms with Gasteiger partial charge in [-0.2, -0.15) is 0 Å². The Labute approximate surface area is 164 Å². The van der Waals surface area contributed by atoms with Crippen molar-refractivity contribution in [2.24, 2.45) is 5.73 Å². The number of fused-ring (bicyclic) bond motifs is 1. The summed E-state index contributed by atoms with van der Waals surface area (Å²) in [7, 11) is 0. The van der Waals surface area contributed by atoms with E-state index in [0.717, 1.165) is 43.0 Å². The van der Waals surface area contributed by atoms with Crippen LogP contribution in [0.3, 0.4) is 0 Å². The third-order valence-corrected chi connectivity index (χ3v) is 5.68. The van der Waals surface area contributed by atoms with Gasteiger partial charge in [0.1, 0.15) is 0 Å². The van der Waals surface area contributed by atoms with E-state index >= 15 is 0 Å². The summed E-state index contributed by atoms with van der Waals surface area (Å²) >= 11 is 3.94. The lowest BCUT2D eigenvalue weighted by Gasteiger charge is -2.27. The van der Waals surface area contributed by atoms with Crippen molar-refractivity contribution in [3.63, 3.8) is 0 Å². The highest BCUT2D eigenvalue weighted by Gasteiger charge is 2.11. The first-order valence-electron chi connectivity index (χ1n) is 9.39. The molecule has 1 unspecified atom stereocenters. The Morgan fingerprint density at radius 1 is 0.885 bits per heavy atom. The summed E-state index contributed by atoms with van der Waals surface area (Å²) < 4.78 is 25.0. The van der Waals surface area contributed by atoms with Crippen molar-refractivity contribution in [3.05, 3.63) is 41.4 Å². The van der Waals surface area contributed by atoms with Crippen molar-refractivity contribution in [1.29, 1.82) is 0 Å². The standard InChI is InChI=1S/C20H29ClN2O2S/c21-19-13-9-12-18-17(19)11-10-14-20(18)23(26(24)25)16-8-6-4-2-1-3-5-7-15-22/h9-14H,1-8,15-16,22H2,(H,24,25)/p-1. The zero-order valence-corrected chi connectivity index (χ0v) is 16.7. The number of hydrogen-bond acceptors (Lipinski definition) is 3. The van der Waals surface area contributed by atoms with E-state index in [1.54, 1.807) is 0 Å². The van der Waals surface area contributed by atoms with E-state index in [1.807, 2.05) is 36.4 Å². The molecule has 0 aliphatic rings. The van der Waals surface area contributed by atoms with E-state index in [9.17, 15) is 8.76 Å². The molecule has 0 saturated heterocycles. The predicted molar refractivity (Wildman–Crippen MR) is 111 cm³/mol. The van der Waals surface area contributed by atoms with Gasteiger partial charge in [0.25, 0.3) is 0 Å². The summed E-state index contributed by atoms with van der Waals surface area (Å²) in [6.45, 7) is 1.27. The molecule has 2 rings (SSSR count). The molecule has 6 heteroatoms. The molecule has 0 amide bonds. The molecule has 0 heterocycles. The predicted octanol–water partition coefficient (Wildman–Crippen LogP) is 5.17. The highest BCUT2D eigenvalue weighted by molar-refractivity contribution is 7.80. The van der Waals surface area contributed by atoms with E-state index in [-0.39, 0.29) is 0 Å². The van der Waals surface area contributed by atoms with Gasteiger partial charge in [-0.1, -0.05) is 74.4 Å². The van der Waals surface area contributed by atoms with Crippen LogP contribution in [-0.4, -0.2) is 21.9 Å². The van der Waals surface area contributed by atoms with Gasteiger partial charge >= 0.3 is 0 Å². The molecule has 0 aliphatic heterocycles. The Bertz CT molecular complexity index is 711. The van der Waals surface area contributed by atoms with Crippen molar-refractivity contribution in [3.8, 4) is 0 Å². The lowest BCUT2D eigenvalue weighted by atomic mass is 10.1. The van der Waals surface area contributed by atoms with Crippen molar-refractivity contribution in [2.75, 3.05) is 17.4 Å². The maximum absolute atomic E-state index is 11.8. The number of rotatable bonds is 12. The van der Waals surface area contributed by atoms with E-state index in [0.29, 0.717) is 17.3 Å². The molecule has 0 radical (unpaired) electrons. The molecule has 1 atom stereocenters. The molecular formula is C20H28ClN2O2S-. The maximum atomic E-state index is 11.8. The van der Waals surface area contributed by atoms with E-state index in [2.05, 4.69) is 0 Å². The zero-order valence-electron chi connectivity index (χ0n) is 15.2. The van der Waals surface area contributed by atoms with Gasteiger partial charge in [0.2, 0.25) is 0 Å². The topological polar surface area (TPSA) is 69.4 Å². The summed E-state index contributed by atoms with van der Waals surface area (Å²) in [6.07, 6.45) is 9.04. The molecule has 26 heavy (non-hydrogen) atoms. The molecule has 2 aromatic carbocycles. The first kappa shape index (κ1) is 21.2. The molecule has 4 nitrogen and oxygen atoms in total. The van der Waals surface area contributed by atoms with Crippen LogP contribution in [0.5, 0.6) is 0 Å². The summed E-state index contributed by atoms with van der Waals surface area (Å²) in [5, 5.41) is 2.37. The van der Waals surface area contributed by atoms with Crippen molar-refractivity contribution < 1.29 is 8.76 Å². The largest absolute Gasteiger partial charge is 0.755 e. The average molecular weight is 396 g/mol. The lowest BCUT2D eigenvalue weighted by molar-refractivity contribution is 0.527. The molecule has 0 aromatic heterocycles.